The molecular formula is C18H19ClN2O. The maximum atomic E-state index is 11.7. The third kappa shape index (κ3) is 6.45. The fraction of sp³-hybridized carbons (Fsp3) is 0.167. The summed E-state index contributed by atoms with van der Waals surface area (Å²) in [7, 11) is 0. The minimum Gasteiger partial charge on any atom is -0.325 e. The summed E-state index contributed by atoms with van der Waals surface area (Å²) >= 11 is 0. The van der Waals surface area contributed by atoms with E-state index in [-0.39, 0.29) is 24.9 Å². The molecule has 22 heavy (non-hydrogen) atoms. The lowest BCUT2D eigenvalue weighted by atomic mass is 10.2. The van der Waals surface area contributed by atoms with Gasteiger partial charge in [-0.05, 0) is 31.2 Å². The van der Waals surface area contributed by atoms with Crippen molar-refractivity contribution in [2.24, 2.45) is 0 Å². The normalized spacial score (nSPS) is 9.14. The third-order valence-corrected chi connectivity index (χ3v) is 2.84. The molecule has 0 aliphatic rings. The molecule has 0 atom stereocenters. The van der Waals surface area contributed by atoms with Crippen molar-refractivity contribution in [3.8, 4) is 11.8 Å². The average molecular weight is 315 g/mol. The average Bonchev–Trinajstić information content (AvgIpc) is 2.50. The molecule has 2 aromatic carbocycles. The third-order valence-electron chi connectivity index (χ3n) is 2.84. The number of aryl methyl sites for hydroxylation is 1. The molecule has 114 valence electrons. The molecule has 0 aliphatic heterocycles. The van der Waals surface area contributed by atoms with Crippen LogP contribution in [0.2, 0.25) is 0 Å². The first-order chi connectivity index (χ1) is 10.2. The minimum atomic E-state index is -0.0691. The Balaban J connectivity index is 0.00000242. The van der Waals surface area contributed by atoms with Crippen LogP contribution in [-0.4, -0.2) is 19.0 Å². The highest BCUT2D eigenvalue weighted by atomic mass is 35.5. The molecule has 0 aliphatic carbocycles. The van der Waals surface area contributed by atoms with Gasteiger partial charge in [-0.3, -0.25) is 10.1 Å². The fourth-order valence-electron chi connectivity index (χ4n) is 1.75. The maximum absolute atomic E-state index is 11.7. The first kappa shape index (κ1) is 17.8. The van der Waals surface area contributed by atoms with Gasteiger partial charge in [0.1, 0.15) is 0 Å². The molecule has 3 nitrogen and oxygen atoms in total. The van der Waals surface area contributed by atoms with Crippen molar-refractivity contribution in [1.29, 1.82) is 0 Å². The van der Waals surface area contributed by atoms with E-state index in [2.05, 4.69) is 22.5 Å². The van der Waals surface area contributed by atoms with Crippen LogP contribution < -0.4 is 10.6 Å². The predicted molar refractivity (Wildman–Crippen MR) is 93.2 cm³/mol. The van der Waals surface area contributed by atoms with Gasteiger partial charge in [0.05, 0.1) is 13.1 Å². The minimum absolute atomic E-state index is 0. The second kappa shape index (κ2) is 9.62. The van der Waals surface area contributed by atoms with Gasteiger partial charge in [0.15, 0.2) is 0 Å². The Bertz CT molecular complexity index is 642. The Kier molecular flexibility index (Phi) is 7.77. The molecule has 0 radical (unpaired) electrons. The number of halogens is 1. The van der Waals surface area contributed by atoms with Crippen LogP contribution in [0.15, 0.2) is 54.6 Å². The Hall–Kier alpha value is -2.28. The zero-order valence-corrected chi connectivity index (χ0v) is 13.2. The highest BCUT2D eigenvalue weighted by Gasteiger charge is 2.00. The summed E-state index contributed by atoms with van der Waals surface area (Å²) in [6.45, 7) is 2.74. The van der Waals surface area contributed by atoms with Crippen LogP contribution in [0.3, 0.4) is 0 Å². The number of benzene rings is 2. The Labute approximate surface area is 137 Å². The Morgan fingerprint density at radius 2 is 1.73 bits per heavy atom. The number of hydrogen-bond donors (Lipinski definition) is 2. The Morgan fingerprint density at radius 3 is 2.41 bits per heavy atom. The van der Waals surface area contributed by atoms with Gasteiger partial charge in [-0.25, -0.2) is 0 Å². The van der Waals surface area contributed by atoms with E-state index in [0.717, 1.165) is 11.3 Å². The highest BCUT2D eigenvalue weighted by Crippen LogP contribution is 2.07. The number of hydrogen-bond acceptors (Lipinski definition) is 2. The SMILES string of the molecule is Cc1ccc(NC(=O)CNCC#Cc2ccccc2)cc1.Cl. The molecule has 2 aromatic rings. The summed E-state index contributed by atoms with van der Waals surface area (Å²) in [5, 5.41) is 5.83. The number of nitrogens with one attached hydrogen (secondary N) is 2. The van der Waals surface area contributed by atoms with Crippen LogP contribution in [0, 0.1) is 18.8 Å². The quantitative estimate of drug-likeness (QED) is 0.673. The first-order valence-corrected chi connectivity index (χ1v) is 6.85. The number of carbonyl (C=O) groups excluding carboxylic acids is 1. The zero-order valence-electron chi connectivity index (χ0n) is 12.4. The van der Waals surface area contributed by atoms with Crippen LogP contribution in [0.5, 0.6) is 0 Å². The second-order valence-corrected chi connectivity index (χ2v) is 4.69. The van der Waals surface area contributed by atoms with Crippen LogP contribution in [0.1, 0.15) is 11.1 Å². The summed E-state index contributed by atoms with van der Waals surface area (Å²) in [5.74, 6) is 5.95. The van der Waals surface area contributed by atoms with Crippen molar-refractivity contribution in [2.45, 2.75) is 6.92 Å². The highest BCUT2D eigenvalue weighted by molar-refractivity contribution is 5.92. The van der Waals surface area contributed by atoms with Crippen LogP contribution in [0.25, 0.3) is 0 Å². The van der Waals surface area contributed by atoms with Gasteiger partial charge in [-0.1, -0.05) is 47.7 Å². The largest absolute Gasteiger partial charge is 0.325 e. The van der Waals surface area contributed by atoms with E-state index >= 15 is 0 Å². The van der Waals surface area contributed by atoms with E-state index in [1.807, 2.05) is 61.5 Å². The molecule has 4 heteroatoms. The van der Waals surface area contributed by atoms with E-state index < -0.39 is 0 Å². The van der Waals surface area contributed by atoms with Crippen molar-refractivity contribution < 1.29 is 4.79 Å². The molecular weight excluding hydrogens is 296 g/mol. The van der Waals surface area contributed by atoms with E-state index in [1.165, 1.54) is 5.56 Å². The smallest absolute Gasteiger partial charge is 0.238 e. The first-order valence-electron chi connectivity index (χ1n) is 6.85. The number of amides is 1. The van der Waals surface area contributed by atoms with Crippen molar-refractivity contribution >= 4 is 24.0 Å². The summed E-state index contributed by atoms with van der Waals surface area (Å²) in [6, 6.07) is 17.5. The van der Waals surface area contributed by atoms with E-state index in [4.69, 9.17) is 0 Å². The Morgan fingerprint density at radius 1 is 1.05 bits per heavy atom. The van der Waals surface area contributed by atoms with Crippen LogP contribution in [-0.2, 0) is 4.79 Å². The lowest BCUT2D eigenvalue weighted by Crippen LogP contribution is -2.28. The topological polar surface area (TPSA) is 41.1 Å². The van der Waals surface area contributed by atoms with Gasteiger partial charge < -0.3 is 5.32 Å². The van der Waals surface area contributed by atoms with Gasteiger partial charge in [0.25, 0.3) is 0 Å². The summed E-state index contributed by atoms with van der Waals surface area (Å²) < 4.78 is 0. The van der Waals surface area contributed by atoms with E-state index in [9.17, 15) is 4.79 Å². The molecule has 0 bridgehead atoms. The zero-order chi connectivity index (χ0) is 14.9. The number of carbonyl (C=O) groups is 1. The van der Waals surface area contributed by atoms with Gasteiger partial charge in [0.2, 0.25) is 5.91 Å². The fourth-order valence-corrected chi connectivity index (χ4v) is 1.75. The van der Waals surface area contributed by atoms with Gasteiger partial charge in [0, 0.05) is 11.3 Å². The number of anilines is 1. The van der Waals surface area contributed by atoms with Gasteiger partial charge in [-0.15, -0.1) is 12.4 Å². The second-order valence-electron chi connectivity index (χ2n) is 4.69. The van der Waals surface area contributed by atoms with E-state index in [0.29, 0.717) is 6.54 Å². The summed E-state index contributed by atoms with van der Waals surface area (Å²) in [4.78, 5) is 11.7. The maximum Gasteiger partial charge on any atom is 0.238 e. The van der Waals surface area contributed by atoms with Crippen LogP contribution in [0.4, 0.5) is 5.69 Å². The van der Waals surface area contributed by atoms with Gasteiger partial charge >= 0.3 is 0 Å². The summed E-state index contributed by atoms with van der Waals surface area (Å²) in [5.41, 5.74) is 2.95. The molecule has 0 heterocycles. The molecule has 0 aromatic heterocycles. The molecule has 0 fully saturated rings. The molecule has 0 unspecified atom stereocenters. The van der Waals surface area contributed by atoms with Crippen molar-refractivity contribution in [1.82, 2.24) is 5.32 Å². The molecule has 1 amide bonds. The molecule has 2 rings (SSSR count). The lowest BCUT2D eigenvalue weighted by molar-refractivity contribution is -0.115. The molecule has 2 N–H and O–H groups in total. The lowest BCUT2D eigenvalue weighted by Gasteiger charge is -2.05. The standard InChI is InChI=1S/C18H18N2O.ClH/c1-15-9-11-17(12-10-15)20-18(21)14-19-13-5-8-16-6-3-2-4-7-16;/h2-4,6-7,9-12,19H,13-14H2,1H3,(H,20,21);1H. The van der Waals surface area contributed by atoms with Crippen molar-refractivity contribution in [3.05, 3.63) is 65.7 Å². The van der Waals surface area contributed by atoms with Crippen molar-refractivity contribution in [3.63, 3.8) is 0 Å². The summed E-state index contributed by atoms with van der Waals surface area (Å²) in [6.07, 6.45) is 0. The number of rotatable bonds is 4. The van der Waals surface area contributed by atoms with E-state index in [1.54, 1.807) is 0 Å². The van der Waals surface area contributed by atoms with Crippen molar-refractivity contribution in [2.75, 3.05) is 18.4 Å². The molecule has 0 saturated carbocycles. The van der Waals surface area contributed by atoms with Gasteiger partial charge in [-0.2, -0.15) is 0 Å². The molecule has 0 saturated heterocycles. The predicted octanol–water partition coefficient (Wildman–Crippen LogP) is 3.00. The molecule has 0 spiro atoms. The van der Waals surface area contributed by atoms with Crippen LogP contribution >= 0.6 is 12.4 Å². The monoisotopic (exact) mass is 314 g/mol.